The van der Waals surface area contributed by atoms with E-state index in [1.807, 2.05) is 25.1 Å². The van der Waals surface area contributed by atoms with E-state index in [4.69, 9.17) is 11.5 Å². The SMILES string of the molecule is Cc1cccc(CNC(c2nc3nc(N)nc(N)c3[nH]2)C(C)C)n1. The lowest BCUT2D eigenvalue weighted by atomic mass is 10.0. The summed E-state index contributed by atoms with van der Waals surface area (Å²) in [6.07, 6.45) is 0. The maximum absolute atomic E-state index is 5.90. The van der Waals surface area contributed by atoms with Gasteiger partial charge in [0.2, 0.25) is 5.95 Å². The van der Waals surface area contributed by atoms with Gasteiger partial charge in [-0.3, -0.25) is 4.98 Å². The molecule has 24 heavy (non-hydrogen) atoms. The maximum atomic E-state index is 5.90. The van der Waals surface area contributed by atoms with Crippen LogP contribution in [0.25, 0.3) is 11.2 Å². The first-order chi connectivity index (χ1) is 11.4. The third kappa shape index (κ3) is 3.28. The quantitative estimate of drug-likeness (QED) is 0.561. The van der Waals surface area contributed by atoms with E-state index in [1.165, 1.54) is 0 Å². The highest BCUT2D eigenvalue weighted by atomic mass is 15.1. The molecule has 8 nitrogen and oxygen atoms in total. The molecule has 0 aromatic carbocycles. The number of anilines is 2. The Morgan fingerprint density at radius 3 is 2.62 bits per heavy atom. The third-order valence-electron chi connectivity index (χ3n) is 3.82. The normalized spacial score (nSPS) is 12.8. The van der Waals surface area contributed by atoms with Crippen molar-refractivity contribution < 1.29 is 0 Å². The average molecular weight is 326 g/mol. The Labute approximate surface area is 140 Å². The summed E-state index contributed by atoms with van der Waals surface area (Å²) in [6.45, 7) is 6.87. The predicted molar refractivity (Wildman–Crippen MR) is 93.9 cm³/mol. The molecule has 0 radical (unpaired) electrons. The number of aromatic nitrogens is 5. The third-order valence-corrected chi connectivity index (χ3v) is 3.82. The minimum atomic E-state index is 0.00198. The number of pyridine rings is 1. The number of imidazole rings is 1. The number of nitrogen functional groups attached to an aromatic ring is 2. The zero-order valence-electron chi connectivity index (χ0n) is 14.0. The van der Waals surface area contributed by atoms with E-state index in [0.29, 0.717) is 29.4 Å². The van der Waals surface area contributed by atoms with Crippen LogP contribution in [0.2, 0.25) is 0 Å². The van der Waals surface area contributed by atoms with E-state index in [-0.39, 0.29) is 12.0 Å². The van der Waals surface area contributed by atoms with Crippen LogP contribution in [0.1, 0.15) is 37.1 Å². The van der Waals surface area contributed by atoms with Crippen LogP contribution in [0.4, 0.5) is 11.8 Å². The van der Waals surface area contributed by atoms with Crippen LogP contribution in [0.3, 0.4) is 0 Å². The Hall–Kier alpha value is -2.74. The van der Waals surface area contributed by atoms with Crippen molar-refractivity contribution in [3.8, 4) is 0 Å². The molecule has 0 spiro atoms. The van der Waals surface area contributed by atoms with E-state index in [2.05, 4.69) is 44.1 Å². The van der Waals surface area contributed by atoms with Crippen molar-refractivity contribution >= 4 is 22.9 Å². The van der Waals surface area contributed by atoms with Crippen molar-refractivity contribution in [1.82, 2.24) is 30.2 Å². The molecule has 0 fully saturated rings. The van der Waals surface area contributed by atoms with Crippen LogP contribution in [0, 0.1) is 12.8 Å². The molecule has 0 aliphatic rings. The lowest BCUT2D eigenvalue weighted by molar-refractivity contribution is 0.394. The van der Waals surface area contributed by atoms with Crippen LogP contribution < -0.4 is 16.8 Å². The van der Waals surface area contributed by atoms with Crippen LogP contribution in [-0.4, -0.2) is 24.9 Å². The van der Waals surface area contributed by atoms with Crippen molar-refractivity contribution in [1.29, 1.82) is 0 Å². The highest BCUT2D eigenvalue weighted by Gasteiger charge is 2.21. The number of nitrogens with zero attached hydrogens (tertiary/aromatic N) is 4. The minimum Gasteiger partial charge on any atom is -0.382 e. The Bertz CT molecular complexity index is 854. The fourth-order valence-electron chi connectivity index (χ4n) is 2.66. The van der Waals surface area contributed by atoms with Gasteiger partial charge in [0.1, 0.15) is 11.3 Å². The summed E-state index contributed by atoms with van der Waals surface area (Å²) in [4.78, 5) is 20.4. The van der Waals surface area contributed by atoms with Crippen LogP contribution in [0.15, 0.2) is 18.2 Å². The molecule has 0 aliphatic carbocycles. The van der Waals surface area contributed by atoms with Crippen LogP contribution in [0.5, 0.6) is 0 Å². The predicted octanol–water partition coefficient (Wildman–Crippen LogP) is 1.71. The average Bonchev–Trinajstić information content (AvgIpc) is 2.91. The molecule has 0 aliphatic heterocycles. The first-order valence-electron chi connectivity index (χ1n) is 7.88. The van der Waals surface area contributed by atoms with E-state index in [1.54, 1.807) is 0 Å². The number of aromatic amines is 1. The summed E-state index contributed by atoms with van der Waals surface area (Å²) < 4.78 is 0. The first-order valence-corrected chi connectivity index (χ1v) is 7.88. The molecule has 3 aromatic heterocycles. The van der Waals surface area contributed by atoms with E-state index in [9.17, 15) is 0 Å². The molecule has 0 bridgehead atoms. The number of rotatable bonds is 5. The minimum absolute atomic E-state index is 0.00198. The molecule has 0 amide bonds. The van der Waals surface area contributed by atoms with Gasteiger partial charge in [-0.1, -0.05) is 19.9 Å². The number of hydrogen-bond donors (Lipinski definition) is 4. The Morgan fingerprint density at radius 2 is 1.92 bits per heavy atom. The molecular formula is C16H22N8. The number of fused-ring (bicyclic) bond motifs is 1. The number of aryl methyl sites for hydroxylation is 1. The summed E-state index contributed by atoms with van der Waals surface area (Å²) in [6, 6.07) is 5.99. The van der Waals surface area contributed by atoms with Gasteiger partial charge in [0.15, 0.2) is 11.5 Å². The summed E-state index contributed by atoms with van der Waals surface area (Å²) in [5.74, 6) is 1.50. The summed E-state index contributed by atoms with van der Waals surface area (Å²) >= 11 is 0. The van der Waals surface area contributed by atoms with Gasteiger partial charge in [0, 0.05) is 12.2 Å². The molecule has 0 saturated heterocycles. The molecule has 6 N–H and O–H groups in total. The number of nitrogens with one attached hydrogen (secondary N) is 2. The van der Waals surface area contributed by atoms with Gasteiger partial charge in [0.05, 0.1) is 11.7 Å². The van der Waals surface area contributed by atoms with E-state index >= 15 is 0 Å². The Balaban J connectivity index is 1.87. The fraction of sp³-hybridized carbons (Fsp3) is 0.375. The van der Waals surface area contributed by atoms with Crippen LogP contribution >= 0.6 is 0 Å². The van der Waals surface area contributed by atoms with Crippen LogP contribution in [-0.2, 0) is 6.54 Å². The summed E-state index contributed by atoms with van der Waals surface area (Å²) in [7, 11) is 0. The number of nitrogens with two attached hydrogens (primary N) is 2. The second-order valence-corrected chi connectivity index (χ2v) is 6.16. The van der Waals surface area contributed by atoms with Crippen molar-refractivity contribution in [3.63, 3.8) is 0 Å². The molecule has 3 aromatic rings. The second kappa shape index (κ2) is 6.40. The topological polar surface area (TPSA) is 131 Å². The molecule has 126 valence electrons. The van der Waals surface area contributed by atoms with Crippen molar-refractivity contribution in [2.45, 2.75) is 33.4 Å². The maximum Gasteiger partial charge on any atom is 0.224 e. The highest BCUT2D eigenvalue weighted by molar-refractivity contribution is 5.82. The monoisotopic (exact) mass is 326 g/mol. The Morgan fingerprint density at radius 1 is 1.12 bits per heavy atom. The molecular weight excluding hydrogens is 304 g/mol. The molecule has 3 rings (SSSR count). The van der Waals surface area contributed by atoms with E-state index in [0.717, 1.165) is 17.2 Å². The zero-order chi connectivity index (χ0) is 17.3. The van der Waals surface area contributed by atoms with Gasteiger partial charge in [0.25, 0.3) is 0 Å². The van der Waals surface area contributed by atoms with Gasteiger partial charge >= 0.3 is 0 Å². The molecule has 0 saturated carbocycles. The van der Waals surface area contributed by atoms with E-state index < -0.39 is 0 Å². The summed E-state index contributed by atoms with van der Waals surface area (Å²) in [5.41, 5.74) is 14.6. The largest absolute Gasteiger partial charge is 0.382 e. The fourth-order valence-corrected chi connectivity index (χ4v) is 2.66. The van der Waals surface area contributed by atoms with Gasteiger partial charge in [-0.25, -0.2) is 4.98 Å². The lowest BCUT2D eigenvalue weighted by Gasteiger charge is -2.20. The molecule has 3 heterocycles. The standard InChI is InChI=1S/C16H22N8/c1-8(2)11(19-7-10-6-4-5-9(3)20-10)14-21-12-13(17)22-16(18)24-15(12)23-14/h4-6,8,11,19H,7H2,1-3H3,(H5,17,18,21,22,23,24). The first kappa shape index (κ1) is 16.1. The molecule has 1 unspecified atom stereocenters. The second-order valence-electron chi connectivity index (χ2n) is 6.16. The van der Waals surface area contributed by atoms with Crippen molar-refractivity contribution in [2.24, 2.45) is 5.92 Å². The number of hydrogen-bond acceptors (Lipinski definition) is 7. The number of H-pyrrole nitrogens is 1. The van der Waals surface area contributed by atoms with Gasteiger partial charge in [-0.15, -0.1) is 0 Å². The van der Waals surface area contributed by atoms with Gasteiger partial charge in [-0.05, 0) is 25.0 Å². The summed E-state index contributed by atoms with van der Waals surface area (Å²) in [5, 5.41) is 3.50. The van der Waals surface area contributed by atoms with Gasteiger partial charge < -0.3 is 21.8 Å². The Kier molecular flexibility index (Phi) is 4.30. The smallest absolute Gasteiger partial charge is 0.224 e. The van der Waals surface area contributed by atoms with Crippen molar-refractivity contribution in [2.75, 3.05) is 11.5 Å². The molecule has 1 atom stereocenters. The zero-order valence-corrected chi connectivity index (χ0v) is 14.0. The molecule has 8 heteroatoms. The van der Waals surface area contributed by atoms with Crippen molar-refractivity contribution in [3.05, 3.63) is 35.4 Å². The van der Waals surface area contributed by atoms with Gasteiger partial charge in [-0.2, -0.15) is 9.97 Å². The lowest BCUT2D eigenvalue weighted by Crippen LogP contribution is -2.26. The highest BCUT2D eigenvalue weighted by Crippen LogP contribution is 2.24.